The summed E-state index contributed by atoms with van der Waals surface area (Å²) in [7, 11) is -1.56. The van der Waals surface area contributed by atoms with E-state index in [1.807, 2.05) is 0 Å². The molecule has 1 aliphatic carbocycles. The van der Waals surface area contributed by atoms with E-state index in [0.717, 1.165) is 12.2 Å². The van der Waals surface area contributed by atoms with E-state index in [4.69, 9.17) is 4.52 Å². The molecule has 4 heteroatoms. The van der Waals surface area contributed by atoms with Crippen LogP contribution in [0.4, 0.5) is 0 Å². The maximum atomic E-state index is 13.6. The Morgan fingerprint density at radius 2 is 1.68 bits per heavy atom. The summed E-state index contributed by atoms with van der Waals surface area (Å²) in [6.07, 6.45) is 16.9. The van der Waals surface area contributed by atoms with Gasteiger partial charge in [-0.3, -0.25) is 4.79 Å². The highest BCUT2D eigenvalue weighted by molar-refractivity contribution is 7.80. The molecule has 0 N–H and O–H groups in total. The van der Waals surface area contributed by atoms with Gasteiger partial charge in [-0.05, 0) is 23.3 Å². The van der Waals surface area contributed by atoms with Crippen molar-refractivity contribution in [3.63, 3.8) is 0 Å². The Kier molecular flexibility index (Phi) is 3.94. The molecule has 4 bridgehead atoms. The van der Waals surface area contributed by atoms with E-state index in [1.54, 1.807) is 0 Å². The van der Waals surface area contributed by atoms with Crippen molar-refractivity contribution in [1.29, 1.82) is 0 Å². The van der Waals surface area contributed by atoms with Gasteiger partial charge < -0.3 is 4.52 Å². The minimum absolute atomic E-state index is 0.0344. The van der Waals surface area contributed by atoms with E-state index < -0.39 is 16.1 Å². The monoisotopic (exact) mass is 412 g/mol. The first-order valence-electron chi connectivity index (χ1n) is 10.4. The fourth-order valence-corrected chi connectivity index (χ4v) is 15.0. The van der Waals surface area contributed by atoms with E-state index in [9.17, 15) is 4.79 Å². The number of carbonyl (C=O) groups excluding carboxylic acids is 1. The molecule has 0 amide bonds. The minimum atomic E-state index is -0.935. The van der Waals surface area contributed by atoms with Crippen LogP contribution in [-0.2, 0) is 9.32 Å². The molecule has 0 aromatic heterocycles. The van der Waals surface area contributed by atoms with Crippen molar-refractivity contribution < 1.29 is 9.32 Å². The van der Waals surface area contributed by atoms with Crippen molar-refractivity contribution in [3.8, 4) is 0 Å². The summed E-state index contributed by atoms with van der Waals surface area (Å²) in [6.45, 7) is 14.1. The molecule has 2 unspecified atom stereocenters. The number of hydrogen-bond acceptors (Lipinski definition) is 2. The van der Waals surface area contributed by atoms with Gasteiger partial charge in [-0.25, -0.2) is 0 Å². The standard InChI is InChI=1S/C24H30O2P2/c1-22(2,3)16-14-20-21(25)19-13-12-18(16)27(19)24(23(4,5)6)15-10-8-7-9-11-17(15)26-28(20)24/h8-14,18-20H,7H2,1-6H3/t18-,19-,20-,24+,27?,28?/m0/s1. The van der Waals surface area contributed by atoms with E-state index in [-0.39, 0.29) is 27.0 Å². The van der Waals surface area contributed by atoms with Gasteiger partial charge in [-0.2, -0.15) is 0 Å². The molecule has 0 aromatic carbocycles. The first kappa shape index (κ1) is 19.0. The molecule has 28 heavy (non-hydrogen) atoms. The number of ketones is 1. The average molecular weight is 412 g/mol. The Labute approximate surface area is 171 Å². The SMILES string of the molecule is CC(C)(C)C1=C[C@H]2C(=O)[C@@H]3C=C[C@@H]1P3[C@]1(C(C)(C)C)C3=C(C=CCC=C3)OP21. The fourth-order valence-electron chi connectivity index (χ4n) is 5.76. The summed E-state index contributed by atoms with van der Waals surface area (Å²) < 4.78 is 6.78. The number of hydrogen-bond donors (Lipinski definition) is 0. The summed E-state index contributed by atoms with van der Waals surface area (Å²) in [5, 5.41) is 0. The molecule has 2 nitrogen and oxygen atoms in total. The molecule has 0 aromatic rings. The van der Waals surface area contributed by atoms with Gasteiger partial charge in [0.15, 0.2) is 5.78 Å². The zero-order valence-electron chi connectivity index (χ0n) is 17.7. The molecule has 6 atom stereocenters. The molecule has 6 rings (SSSR count). The van der Waals surface area contributed by atoms with Crippen molar-refractivity contribution in [2.45, 2.75) is 69.8 Å². The Balaban J connectivity index is 1.82. The highest BCUT2D eigenvalue weighted by atomic mass is 31.2. The summed E-state index contributed by atoms with van der Waals surface area (Å²) in [5.74, 6) is 1.45. The van der Waals surface area contributed by atoms with Crippen molar-refractivity contribution >= 4 is 21.9 Å². The van der Waals surface area contributed by atoms with E-state index in [1.165, 1.54) is 11.1 Å². The smallest absolute Gasteiger partial charge is 0.158 e. The molecule has 0 saturated carbocycles. The summed E-state index contributed by atoms with van der Waals surface area (Å²) in [4.78, 5) is 13.6. The molecule has 0 spiro atoms. The van der Waals surface area contributed by atoms with Gasteiger partial charge in [0.1, 0.15) is 13.9 Å². The highest BCUT2D eigenvalue weighted by Gasteiger charge is 2.72. The van der Waals surface area contributed by atoms with Gasteiger partial charge in [0.25, 0.3) is 0 Å². The third kappa shape index (κ3) is 2.20. The van der Waals surface area contributed by atoms with E-state index in [0.29, 0.717) is 11.4 Å². The average Bonchev–Trinajstić information content (AvgIpc) is 2.96. The van der Waals surface area contributed by atoms with Crippen LogP contribution < -0.4 is 0 Å². The predicted molar refractivity (Wildman–Crippen MR) is 120 cm³/mol. The third-order valence-electron chi connectivity index (χ3n) is 6.83. The number of Topliss-reactive ketones (excluding diaryl/α,β-unsaturated/α-hetero) is 1. The Morgan fingerprint density at radius 1 is 1.00 bits per heavy atom. The Morgan fingerprint density at radius 3 is 2.36 bits per heavy atom. The van der Waals surface area contributed by atoms with Crippen molar-refractivity contribution in [3.05, 3.63) is 59.4 Å². The molecule has 6 aliphatic rings. The van der Waals surface area contributed by atoms with Crippen LogP contribution in [0.2, 0.25) is 0 Å². The van der Waals surface area contributed by atoms with Gasteiger partial charge in [-0.1, -0.05) is 91.5 Å². The first-order chi connectivity index (χ1) is 13.1. The number of allylic oxidation sites excluding steroid dienone is 9. The largest absolute Gasteiger partial charge is 0.471 e. The number of rotatable bonds is 0. The van der Waals surface area contributed by atoms with Crippen LogP contribution >= 0.6 is 16.1 Å². The van der Waals surface area contributed by atoms with Crippen LogP contribution in [0.1, 0.15) is 48.0 Å². The van der Waals surface area contributed by atoms with Crippen molar-refractivity contribution in [1.82, 2.24) is 0 Å². The third-order valence-corrected chi connectivity index (χ3v) is 14.7. The molecule has 5 heterocycles. The lowest BCUT2D eigenvalue weighted by atomic mass is 9.82. The van der Waals surface area contributed by atoms with Crippen molar-refractivity contribution in [2.75, 3.05) is 0 Å². The zero-order chi connectivity index (χ0) is 20.1. The van der Waals surface area contributed by atoms with Crippen molar-refractivity contribution in [2.24, 2.45) is 10.8 Å². The zero-order valence-corrected chi connectivity index (χ0v) is 19.5. The van der Waals surface area contributed by atoms with Gasteiger partial charge in [0, 0.05) is 11.2 Å². The molecule has 1 saturated heterocycles. The highest BCUT2D eigenvalue weighted by Crippen LogP contribution is 2.89. The van der Waals surface area contributed by atoms with Crippen LogP contribution in [-0.4, -0.2) is 27.7 Å². The Bertz CT molecular complexity index is 906. The second kappa shape index (κ2) is 5.80. The maximum absolute atomic E-state index is 13.6. The lowest BCUT2D eigenvalue weighted by Crippen LogP contribution is -2.49. The van der Waals surface area contributed by atoms with Crippen LogP contribution in [0.3, 0.4) is 0 Å². The van der Waals surface area contributed by atoms with Gasteiger partial charge in [0.2, 0.25) is 0 Å². The normalized spacial score (nSPS) is 40.9. The Hall–Kier alpha value is -0.970. The molecule has 148 valence electrons. The summed E-state index contributed by atoms with van der Waals surface area (Å²) in [6, 6.07) is 0. The summed E-state index contributed by atoms with van der Waals surface area (Å²) in [5.41, 5.74) is 3.33. The fraction of sp³-hybridized carbons (Fsp3) is 0.542. The molecular weight excluding hydrogens is 382 g/mol. The molecule has 5 aliphatic heterocycles. The van der Waals surface area contributed by atoms with E-state index >= 15 is 0 Å². The van der Waals surface area contributed by atoms with Crippen LogP contribution in [0.5, 0.6) is 0 Å². The molecule has 1 fully saturated rings. The number of carbonyl (C=O) groups is 1. The molecular formula is C24H30O2P2. The second-order valence-corrected chi connectivity index (χ2v) is 15.6. The van der Waals surface area contributed by atoms with Crippen LogP contribution in [0.15, 0.2) is 59.4 Å². The molecule has 0 radical (unpaired) electrons. The quantitative estimate of drug-likeness (QED) is 0.329. The summed E-state index contributed by atoms with van der Waals surface area (Å²) >= 11 is 0. The van der Waals surface area contributed by atoms with Gasteiger partial charge >= 0.3 is 0 Å². The minimum Gasteiger partial charge on any atom is -0.471 e. The second-order valence-electron chi connectivity index (χ2n) is 10.6. The van der Waals surface area contributed by atoms with Crippen LogP contribution in [0, 0.1) is 10.8 Å². The topological polar surface area (TPSA) is 26.3 Å². The first-order valence-corrected chi connectivity index (χ1v) is 13.2. The lowest BCUT2D eigenvalue weighted by Gasteiger charge is -2.56. The lowest BCUT2D eigenvalue weighted by molar-refractivity contribution is -0.117. The van der Waals surface area contributed by atoms with Gasteiger partial charge in [0.05, 0.1) is 16.2 Å². The van der Waals surface area contributed by atoms with E-state index in [2.05, 4.69) is 84.1 Å². The predicted octanol–water partition coefficient (Wildman–Crippen LogP) is 6.65. The van der Waals surface area contributed by atoms with Gasteiger partial charge in [-0.15, -0.1) is 0 Å². The van der Waals surface area contributed by atoms with Crippen LogP contribution in [0.25, 0.3) is 0 Å². The maximum Gasteiger partial charge on any atom is 0.158 e.